The Morgan fingerprint density at radius 1 is 1.11 bits per heavy atom. The zero-order valence-corrected chi connectivity index (χ0v) is 12.1. The van der Waals surface area contributed by atoms with Crippen molar-refractivity contribution in [3.05, 3.63) is 0 Å². The highest BCUT2D eigenvalue weighted by Gasteiger charge is 2.46. The van der Waals surface area contributed by atoms with Gasteiger partial charge < -0.3 is 14.9 Å². The van der Waals surface area contributed by atoms with E-state index in [4.69, 9.17) is 9.84 Å². The SMILES string of the molecule is CCCOC(CCC)(C(=O)O)C(CCC)CC(=O)O. The van der Waals surface area contributed by atoms with Crippen LogP contribution >= 0.6 is 0 Å². The quantitative estimate of drug-likeness (QED) is 0.605. The number of aliphatic carboxylic acids is 2. The van der Waals surface area contributed by atoms with Crippen LogP contribution < -0.4 is 0 Å². The Morgan fingerprint density at radius 2 is 1.74 bits per heavy atom. The number of rotatable bonds is 11. The highest BCUT2D eigenvalue weighted by Crippen LogP contribution is 2.34. The number of carbonyl (C=O) groups is 2. The Kier molecular flexibility index (Phi) is 8.39. The minimum absolute atomic E-state index is 0.163. The van der Waals surface area contributed by atoms with Crippen LogP contribution in [0.4, 0.5) is 0 Å². The van der Waals surface area contributed by atoms with Crippen molar-refractivity contribution in [3.8, 4) is 0 Å². The van der Waals surface area contributed by atoms with Crippen LogP contribution in [-0.4, -0.2) is 34.4 Å². The van der Waals surface area contributed by atoms with Gasteiger partial charge in [-0.15, -0.1) is 0 Å². The number of hydrogen-bond acceptors (Lipinski definition) is 3. The minimum atomic E-state index is -1.36. The first-order valence-electron chi connectivity index (χ1n) is 7.03. The smallest absolute Gasteiger partial charge is 0.336 e. The molecule has 0 saturated heterocycles. The van der Waals surface area contributed by atoms with Gasteiger partial charge in [-0.05, 0) is 19.3 Å². The fourth-order valence-corrected chi connectivity index (χ4v) is 2.45. The Bertz CT molecular complexity index is 290. The van der Waals surface area contributed by atoms with E-state index in [0.717, 1.165) is 6.42 Å². The lowest BCUT2D eigenvalue weighted by Crippen LogP contribution is -2.49. The van der Waals surface area contributed by atoms with Gasteiger partial charge >= 0.3 is 11.9 Å². The summed E-state index contributed by atoms with van der Waals surface area (Å²) >= 11 is 0. The van der Waals surface area contributed by atoms with Crippen LogP contribution in [0.25, 0.3) is 0 Å². The van der Waals surface area contributed by atoms with Crippen LogP contribution in [-0.2, 0) is 14.3 Å². The second-order valence-corrected chi connectivity index (χ2v) is 4.88. The standard InChI is InChI=1S/C14H26O5/c1-4-7-11(10-12(15)16)14(8-5-2,13(17)18)19-9-6-3/h11H,4-10H2,1-3H3,(H,15,16)(H,17,18). The van der Waals surface area contributed by atoms with Crippen LogP contribution in [0.5, 0.6) is 0 Å². The fraction of sp³-hybridized carbons (Fsp3) is 0.857. The lowest BCUT2D eigenvalue weighted by molar-refractivity contribution is -0.179. The molecule has 0 amide bonds. The van der Waals surface area contributed by atoms with Crippen molar-refractivity contribution in [1.29, 1.82) is 0 Å². The van der Waals surface area contributed by atoms with Crippen molar-refractivity contribution < 1.29 is 24.5 Å². The highest BCUT2D eigenvalue weighted by molar-refractivity contribution is 5.79. The van der Waals surface area contributed by atoms with Crippen LogP contribution in [0, 0.1) is 5.92 Å². The Labute approximate surface area is 115 Å². The van der Waals surface area contributed by atoms with Crippen molar-refractivity contribution in [2.45, 2.75) is 64.9 Å². The van der Waals surface area contributed by atoms with E-state index in [1.165, 1.54) is 0 Å². The molecule has 0 aromatic rings. The fourth-order valence-electron chi connectivity index (χ4n) is 2.45. The van der Waals surface area contributed by atoms with E-state index in [2.05, 4.69) is 0 Å². The molecule has 0 aromatic carbocycles. The second-order valence-electron chi connectivity index (χ2n) is 4.88. The van der Waals surface area contributed by atoms with Gasteiger partial charge in [0, 0.05) is 12.5 Å². The van der Waals surface area contributed by atoms with Gasteiger partial charge in [0.05, 0.1) is 6.42 Å². The number of hydrogen-bond donors (Lipinski definition) is 2. The third-order valence-corrected chi connectivity index (χ3v) is 3.26. The van der Waals surface area contributed by atoms with E-state index in [1.54, 1.807) is 0 Å². The summed E-state index contributed by atoms with van der Waals surface area (Å²) in [5, 5.41) is 18.6. The van der Waals surface area contributed by atoms with Crippen molar-refractivity contribution in [2.75, 3.05) is 6.61 Å². The maximum absolute atomic E-state index is 11.7. The predicted molar refractivity (Wildman–Crippen MR) is 72.2 cm³/mol. The molecule has 0 spiro atoms. The molecular formula is C14H26O5. The Balaban J connectivity index is 5.30. The minimum Gasteiger partial charge on any atom is -0.481 e. The lowest BCUT2D eigenvalue weighted by Gasteiger charge is -2.36. The van der Waals surface area contributed by atoms with Gasteiger partial charge in [0.15, 0.2) is 5.60 Å². The largest absolute Gasteiger partial charge is 0.481 e. The molecule has 2 atom stereocenters. The van der Waals surface area contributed by atoms with Gasteiger partial charge in [-0.2, -0.15) is 0 Å². The molecule has 0 saturated carbocycles. The van der Waals surface area contributed by atoms with Crippen molar-refractivity contribution in [2.24, 2.45) is 5.92 Å². The van der Waals surface area contributed by atoms with E-state index in [0.29, 0.717) is 32.3 Å². The summed E-state index contributed by atoms with van der Waals surface area (Å²) in [4.78, 5) is 22.7. The van der Waals surface area contributed by atoms with Gasteiger partial charge in [0.25, 0.3) is 0 Å². The molecule has 19 heavy (non-hydrogen) atoms. The van der Waals surface area contributed by atoms with Gasteiger partial charge in [0.2, 0.25) is 0 Å². The van der Waals surface area contributed by atoms with Crippen molar-refractivity contribution in [1.82, 2.24) is 0 Å². The van der Waals surface area contributed by atoms with Gasteiger partial charge in [-0.3, -0.25) is 4.79 Å². The third kappa shape index (κ3) is 5.19. The van der Waals surface area contributed by atoms with Crippen LogP contribution in [0.2, 0.25) is 0 Å². The van der Waals surface area contributed by atoms with E-state index in [1.807, 2.05) is 20.8 Å². The highest BCUT2D eigenvalue weighted by atomic mass is 16.5. The molecule has 0 radical (unpaired) electrons. The molecule has 0 bridgehead atoms. The van der Waals surface area contributed by atoms with Gasteiger partial charge in [0.1, 0.15) is 0 Å². The van der Waals surface area contributed by atoms with Gasteiger partial charge in [-0.25, -0.2) is 4.79 Å². The zero-order valence-electron chi connectivity index (χ0n) is 12.1. The summed E-state index contributed by atoms with van der Waals surface area (Å²) in [7, 11) is 0. The molecule has 2 N–H and O–H groups in total. The number of ether oxygens (including phenoxy) is 1. The average molecular weight is 274 g/mol. The van der Waals surface area contributed by atoms with E-state index in [9.17, 15) is 14.7 Å². The monoisotopic (exact) mass is 274 g/mol. The normalized spacial score (nSPS) is 15.7. The number of carboxylic acids is 2. The Morgan fingerprint density at radius 3 is 2.11 bits per heavy atom. The molecule has 5 nitrogen and oxygen atoms in total. The molecule has 0 heterocycles. The van der Waals surface area contributed by atoms with Gasteiger partial charge in [-0.1, -0.05) is 33.6 Å². The van der Waals surface area contributed by atoms with E-state index < -0.39 is 23.5 Å². The maximum atomic E-state index is 11.7. The summed E-state index contributed by atoms with van der Waals surface area (Å²) in [5.74, 6) is -2.50. The molecule has 2 unspecified atom stereocenters. The summed E-state index contributed by atoms with van der Waals surface area (Å²) in [6.07, 6.45) is 2.83. The predicted octanol–water partition coefficient (Wildman–Crippen LogP) is 2.93. The van der Waals surface area contributed by atoms with Crippen LogP contribution in [0.1, 0.15) is 59.3 Å². The molecule has 0 aliphatic carbocycles. The first kappa shape index (κ1) is 17.9. The summed E-state index contributed by atoms with van der Waals surface area (Å²) in [6, 6.07) is 0. The summed E-state index contributed by atoms with van der Waals surface area (Å²) in [6.45, 7) is 6.06. The lowest BCUT2D eigenvalue weighted by atomic mass is 9.78. The summed E-state index contributed by atoms with van der Waals surface area (Å²) < 4.78 is 5.63. The van der Waals surface area contributed by atoms with E-state index in [-0.39, 0.29) is 6.42 Å². The molecule has 5 heteroatoms. The van der Waals surface area contributed by atoms with Crippen LogP contribution in [0.3, 0.4) is 0 Å². The van der Waals surface area contributed by atoms with Crippen molar-refractivity contribution >= 4 is 11.9 Å². The average Bonchev–Trinajstić information content (AvgIpc) is 2.33. The van der Waals surface area contributed by atoms with Crippen molar-refractivity contribution in [3.63, 3.8) is 0 Å². The molecule has 0 aliphatic rings. The third-order valence-electron chi connectivity index (χ3n) is 3.26. The second kappa shape index (κ2) is 8.91. The van der Waals surface area contributed by atoms with E-state index >= 15 is 0 Å². The van der Waals surface area contributed by atoms with Crippen LogP contribution in [0.15, 0.2) is 0 Å². The molecule has 0 fully saturated rings. The first-order valence-corrected chi connectivity index (χ1v) is 7.03. The molecule has 0 aromatic heterocycles. The zero-order chi connectivity index (χ0) is 14.9. The maximum Gasteiger partial charge on any atom is 0.336 e. The first-order chi connectivity index (χ1) is 8.94. The summed E-state index contributed by atoms with van der Waals surface area (Å²) in [5.41, 5.74) is -1.36. The molecule has 0 rings (SSSR count). The molecular weight excluding hydrogens is 248 g/mol. The molecule has 112 valence electrons. The molecule has 0 aliphatic heterocycles. The Hall–Kier alpha value is -1.10. The topological polar surface area (TPSA) is 83.8 Å². The number of carboxylic acid groups (broad SMARTS) is 2.